The van der Waals surface area contributed by atoms with Gasteiger partial charge in [0.1, 0.15) is 11.9 Å². The SMILES string of the molecule is N#Cc1cncc(-c2ccc(C(=O)O)cc2F)c1. The molecule has 0 atom stereocenters. The number of rotatable bonds is 2. The molecule has 1 aromatic heterocycles. The molecular formula is C13H7FN2O2. The van der Waals surface area contributed by atoms with Crippen LogP contribution >= 0.6 is 0 Å². The van der Waals surface area contributed by atoms with Gasteiger partial charge in [-0.3, -0.25) is 4.98 Å². The lowest BCUT2D eigenvalue weighted by molar-refractivity contribution is 0.0696. The monoisotopic (exact) mass is 242 g/mol. The summed E-state index contributed by atoms with van der Waals surface area (Å²) in [7, 11) is 0. The molecule has 0 radical (unpaired) electrons. The first-order valence-electron chi connectivity index (χ1n) is 5.00. The topological polar surface area (TPSA) is 74.0 Å². The van der Waals surface area contributed by atoms with E-state index in [1.165, 1.54) is 30.6 Å². The molecule has 0 unspecified atom stereocenters. The van der Waals surface area contributed by atoms with Gasteiger partial charge in [0.15, 0.2) is 0 Å². The minimum atomic E-state index is -1.19. The summed E-state index contributed by atoms with van der Waals surface area (Å²) in [5, 5.41) is 17.5. The number of halogens is 1. The molecule has 88 valence electrons. The summed E-state index contributed by atoms with van der Waals surface area (Å²) in [6.45, 7) is 0. The lowest BCUT2D eigenvalue weighted by Crippen LogP contribution is -1.97. The summed E-state index contributed by atoms with van der Waals surface area (Å²) in [5.41, 5.74) is 0.836. The summed E-state index contributed by atoms with van der Waals surface area (Å²) in [6, 6.07) is 7.00. The third-order valence-corrected chi connectivity index (χ3v) is 2.39. The van der Waals surface area contributed by atoms with Crippen molar-refractivity contribution in [2.24, 2.45) is 0 Å². The van der Waals surface area contributed by atoms with Crippen LogP contribution in [0.2, 0.25) is 0 Å². The lowest BCUT2D eigenvalue weighted by Gasteiger charge is -2.04. The van der Waals surface area contributed by atoms with E-state index >= 15 is 0 Å². The number of carboxylic acid groups (broad SMARTS) is 1. The van der Waals surface area contributed by atoms with Crippen molar-refractivity contribution in [3.8, 4) is 17.2 Å². The fourth-order valence-corrected chi connectivity index (χ4v) is 1.53. The molecule has 1 heterocycles. The first kappa shape index (κ1) is 11.7. The maximum atomic E-state index is 13.8. The molecule has 0 amide bonds. The zero-order valence-corrected chi connectivity index (χ0v) is 9.09. The second-order valence-electron chi connectivity index (χ2n) is 3.57. The van der Waals surface area contributed by atoms with Crippen molar-refractivity contribution in [1.29, 1.82) is 5.26 Å². The van der Waals surface area contributed by atoms with Crippen LogP contribution in [0, 0.1) is 17.1 Å². The smallest absolute Gasteiger partial charge is 0.335 e. The Morgan fingerprint density at radius 3 is 2.72 bits per heavy atom. The second-order valence-corrected chi connectivity index (χ2v) is 3.57. The number of hydrogen-bond donors (Lipinski definition) is 1. The van der Waals surface area contributed by atoms with Crippen LogP contribution in [-0.4, -0.2) is 16.1 Å². The summed E-state index contributed by atoms with van der Waals surface area (Å²) in [5.74, 6) is -1.85. The molecule has 2 rings (SSSR count). The first-order chi connectivity index (χ1) is 8.61. The standard InChI is InChI=1S/C13H7FN2O2/c14-12-4-9(13(17)18)1-2-11(12)10-3-8(5-15)6-16-7-10/h1-4,6-7H,(H,17,18). The molecule has 0 fully saturated rings. The van der Waals surface area contributed by atoms with Crippen molar-refractivity contribution in [3.05, 3.63) is 53.6 Å². The molecule has 0 bridgehead atoms. The minimum absolute atomic E-state index is 0.124. The Hall–Kier alpha value is -2.74. The highest BCUT2D eigenvalue weighted by Gasteiger charge is 2.10. The molecule has 4 nitrogen and oxygen atoms in total. The van der Waals surface area contributed by atoms with Crippen molar-refractivity contribution in [1.82, 2.24) is 4.98 Å². The number of aromatic carboxylic acids is 1. The highest BCUT2D eigenvalue weighted by Crippen LogP contribution is 2.23. The van der Waals surface area contributed by atoms with Crippen molar-refractivity contribution in [2.75, 3.05) is 0 Å². The van der Waals surface area contributed by atoms with Crippen LogP contribution in [-0.2, 0) is 0 Å². The molecule has 2 aromatic rings. The number of pyridine rings is 1. The van der Waals surface area contributed by atoms with Gasteiger partial charge in [-0.2, -0.15) is 5.26 Å². The normalized spacial score (nSPS) is 9.78. The highest BCUT2D eigenvalue weighted by molar-refractivity contribution is 5.88. The highest BCUT2D eigenvalue weighted by atomic mass is 19.1. The molecule has 1 aromatic carbocycles. The largest absolute Gasteiger partial charge is 0.478 e. The lowest BCUT2D eigenvalue weighted by atomic mass is 10.0. The zero-order valence-electron chi connectivity index (χ0n) is 9.09. The Balaban J connectivity index is 2.51. The molecule has 0 aliphatic rings. The van der Waals surface area contributed by atoms with Crippen LogP contribution in [0.5, 0.6) is 0 Å². The van der Waals surface area contributed by atoms with Crippen LogP contribution in [0.3, 0.4) is 0 Å². The summed E-state index contributed by atoms with van der Waals surface area (Å²) >= 11 is 0. The number of carbonyl (C=O) groups is 1. The quantitative estimate of drug-likeness (QED) is 0.877. The molecule has 18 heavy (non-hydrogen) atoms. The second kappa shape index (κ2) is 4.63. The van der Waals surface area contributed by atoms with E-state index in [1.54, 1.807) is 0 Å². The predicted molar refractivity (Wildman–Crippen MR) is 61.3 cm³/mol. The van der Waals surface area contributed by atoms with E-state index in [0.29, 0.717) is 11.1 Å². The summed E-state index contributed by atoms with van der Waals surface area (Å²) in [6.07, 6.45) is 2.78. The molecular weight excluding hydrogens is 235 g/mol. The molecule has 5 heteroatoms. The van der Waals surface area contributed by atoms with E-state index in [1.807, 2.05) is 6.07 Å². The summed E-state index contributed by atoms with van der Waals surface area (Å²) < 4.78 is 13.8. The van der Waals surface area contributed by atoms with Crippen molar-refractivity contribution >= 4 is 5.97 Å². The predicted octanol–water partition coefficient (Wildman–Crippen LogP) is 2.46. The molecule has 1 N–H and O–H groups in total. The van der Waals surface area contributed by atoms with Crippen molar-refractivity contribution in [3.63, 3.8) is 0 Å². The number of benzene rings is 1. The Morgan fingerprint density at radius 2 is 2.11 bits per heavy atom. The fourth-order valence-electron chi connectivity index (χ4n) is 1.53. The Bertz CT molecular complexity index is 662. The van der Waals surface area contributed by atoms with Gasteiger partial charge in [-0.15, -0.1) is 0 Å². The van der Waals surface area contributed by atoms with Gasteiger partial charge in [-0.25, -0.2) is 9.18 Å². The van der Waals surface area contributed by atoms with E-state index < -0.39 is 11.8 Å². The van der Waals surface area contributed by atoms with Gasteiger partial charge in [0, 0.05) is 23.5 Å². The molecule has 0 saturated heterocycles. The number of nitriles is 1. The van der Waals surface area contributed by atoms with E-state index in [9.17, 15) is 9.18 Å². The number of nitrogens with zero attached hydrogens (tertiary/aromatic N) is 2. The molecule has 0 saturated carbocycles. The Morgan fingerprint density at radius 1 is 1.33 bits per heavy atom. The maximum Gasteiger partial charge on any atom is 0.335 e. The van der Waals surface area contributed by atoms with Gasteiger partial charge in [0.2, 0.25) is 0 Å². The van der Waals surface area contributed by atoms with Gasteiger partial charge in [-0.05, 0) is 18.2 Å². The van der Waals surface area contributed by atoms with E-state index in [4.69, 9.17) is 10.4 Å². The maximum absolute atomic E-state index is 13.8. The first-order valence-corrected chi connectivity index (χ1v) is 5.00. The van der Waals surface area contributed by atoms with Crippen LogP contribution in [0.4, 0.5) is 4.39 Å². The average Bonchev–Trinajstić information content (AvgIpc) is 2.38. The van der Waals surface area contributed by atoms with Gasteiger partial charge in [-0.1, -0.05) is 6.07 Å². The van der Waals surface area contributed by atoms with Crippen molar-refractivity contribution < 1.29 is 14.3 Å². The molecule has 0 spiro atoms. The van der Waals surface area contributed by atoms with Crippen LogP contribution < -0.4 is 0 Å². The van der Waals surface area contributed by atoms with Gasteiger partial charge < -0.3 is 5.11 Å². The summed E-state index contributed by atoms with van der Waals surface area (Å²) in [4.78, 5) is 14.5. The third kappa shape index (κ3) is 2.18. The molecule has 0 aliphatic heterocycles. The fraction of sp³-hybridized carbons (Fsp3) is 0. The van der Waals surface area contributed by atoms with E-state index in [-0.39, 0.29) is 11.1 Å². The van der Waals surface area contributed by atoms with Crippen LogP contribution in [0.25, 0.3) is 11.1 Å². The number of aromatic nitrogens is 1. The van der Waals surface area contributed by atoms with Crippen LogP contribution in [0.15, 0.2) is 36.7 Å². The van der Waals surface area contributed by atoms with Gasteiger partial charge >= 0.3 is 5.97 Å². The number of carboxylic acids is 1. The van der Waals surface area contributed by atoms with Gasteiger partial charge in [0.05, 0.1) is 11.1 Å². The Labute approximate surface area is 102 Å². The van der Waals surface area contributed by atoms with Crippen LogP contribution in [0.1, 0.15) is 15.9 Å². The Kier molecular flexibility index (Phi) is 3.02. The van der Waals surface area contributed by atoms with E-state index in [2.05, 4.69) is 4.98 Å². The number of hydrogen-bond acceptors (Lipinski definition) is 3. The minimum Gasteiger partial charge on any atom is -0.478 e. The zero-order chi connectivity index (χ0) is 13.1. The van der Waals surface area contributed by atoms with Crippen molar-refractivity contribution in [2.45, 2.75) is 0 Å². The average molecular weight is 242 g/mol. The van der Waals surface area contributed by atoms with Gasteiger partial charge in [0.25, 0.3) is 0 Å². The van der Waals surface area contributed by atoms with E-state index in [0.717, 1.165) is 6.07 Å². The molecule has 0 aliphatic carbocycles. The third-order valence-electron chi connectivity index (χ3n) is 2.39.